The third kappa shape index (κ3) is 8.71. The van der Waals surface area contributed by atoms with Gasteiger partial charge in [-0.05, 0) is 61.8 Å². The van der Waals surface area contributed by atoms with Crippen LogP contribution in [0.15, 0.2) is 36.5 Å². The van der Waals surface area contributed by atoms with Gasteiger partial charge in [0.15, 0.2) is 0 Å². The maximum atomic E-state index is 11.7. The molecule has 1 heterocycles. The van der Waals surface area contributed by atoms with Crippen LogP contribution in [0.25, 0.3) is 16.2 Å². The Bertz CT molecular complexity index is 759. The van der Waals surface area contributed by atoms with Crippen LogP contribution in [-0.2, 0) is 22.6 Å². The Morgan fingerprint density at radius 3 is 1.84 bits per heavy atom. The molecule has 0 aliphatic heterocycles. The Morgan fingerprint density at radius 2 is 1.39 bits per heavy atom. The molecule has 4 nitrogen and oxygen atoms in total. The van der Waals surface area contributed by atoms with Crippen molar-refractivity contribution in [2.24, 2.45) is 29.6 Å². The van der Waals surface area contributed by atoms with E-state index in [2.05, 4.69) is 54.5 Å². The molecule has 1 aromatic heterocycles. The molecule has 6 heteroatoms. The standard InChI is InChI=1S/C14H16N2O2.C10H20.CH3.ClH.Ir/c1-14(2,3)18-13(17)16-11-8-4-6-10-7-5-9-15-12(10)11;1-6-7(2)9(4)10(5)8(6)3;;;/h4-9H,1-3H3,(H,16,17);6-10H,1-5H3;1H3;1H;/q;;-1;;+3/p-2. The zero-order valence-corrected chi connectivity index (χ0v) is 23.4. The second-order valence-corrected chi connectivity index (χ2v) is 9.24. The van der Waals surface area contributed by atoms with Gasteiger partial charge in [-0.25, -0.2) is 0 Å². The number of para-hydroxylation sites is 1. The third-order valence-corrected chi connectivity index (χ3v) is 6.36. The molecule has 1 saturated carbocycles. The zero-order valence-electron chi connectivity index (χ0n) is 20.3. The summed E-state index contributed by atoms with van der Waals surface area (Å²) in [5.41, 5.74) is 0.687. The summed E-state index contributed by atoms with van der Waals surface area (Å²) in [4.78, 5) is 15.9. The van der Waals surface area contributed by atoms with Crippen molar-refractivity contribution in [3.8, 4) is 0 Å². The molecule has 1 amide bonds. The normalized spacial score (nSPS) is 24.6. The fourth-order valence-electron chi connectivity index (χ4n) is 3.96. The van der Waals surface area contributed by atoms with Crippen molar-refractivity contribution < 1.29 is 27.4 Å². The number of ether oxygens (including phenoxy) is 1. The Labute approximate surface area is 204 Å². The van der Waals surface area contributed by atoms with Crippen molar-refractivity contribution in [2.45, 2.75) is 61.0 Å². The molecule has 0 spiro atoms. The number of fused-ring (bicyclic) bond motifs is 1. The summed E-state index contributed by atoms with van der Waals surface area (Å²) >= 11 is 1.47. The second kappa shape index (κ2) is 13.4. The fourth-order valence-corrected chi connectivity index (χ4v) is 3.96. The molecule has 0 bridgehead atoms. The van der Waals surface area contributed by atoms with Gasteiger partial charge in [0.2, 0.25) is 6.09 Å². The SMILES string of the molecule is CC(C)(C)OC(=O)[N-]c1cccc2cccnc12.CC1C(C)C(C)C(C)C1C.[CH3-].[Cl][Ir+2]. The average Bonchev–Trinajstić information content (AvgIpc) is 2.87. The van der Waals surface area contributed by atoms with E-state index in [1.165, 1.54) is 17.9 Å². The Balaban J connectivity index is 0.000000592. The van der Waals surface area contributed by atoms with Crippen LogP contribution in [0.3, 0.4) is 0 Å². The number of halogens is 1. The summed E-state index contributed by atoms with van der Waals surface area (Å²) in [7, 11) is 4.64. The van der Waals surface area contributed by atoms with Gasteiger partial charge >= 0.3 is 27.5 Å². The molecule has 0 saturated heterocycles. The van der Waals surface area contributed by atoms with E-state index in [1.54, 1.807) is 12.3 Å². The third-order valence-electron chi connectivity index (χ3n) is 6.36. The summed E-state index contributed by atoms with van der Waals surface area (Å²) in [6.07, 6.45) is 1.08. The number of pyridine rings is 1. The number of benzene rings is 1. The van der Waals surface area contributed by atoms with Crippen LogP contribution >= 0.6 is 9.58 Å². The van der Waals surface area contributed by atoms with E-state index in [0.717, 1.165) is 35.0 Å². The Morgan fingerprint density at radius 1 is 0.935 bits per heavy atom. The van der Waals surface area contributed by atoms with Gasteiger partial charge in [0.1, 0.15) is 5.60 Å². The predicted molar refractivity (Wildman–Crippen MR) is 129 cm³/mol. The van der Waals surface area contributed by atoms with Crippen LogP contribution in [-0.4, -0.2) is 16.7 Å². The van der Waals surface area contributed by atoms with E-state index in [-0.39, 0.29) is 7.43 Å². The molecule has 3 rings (SSSR count). The minimum atomic E-state index is -0.597. The van der Waals surface area contributed by atoms with Crippen molar-refractivity contribution in [1.82, 2.24) is 4.98 Å². The summed E-state index contributed by atoms with van der Waals surface area (Å²) < 4.78 is 5.16. The van der Waals surface area contributed by atoms with Crippen LogP contribution in [0.4, 0.5) is 10.5 Å². The number of amides is 1. The topological polar surface area (TPSA) is 53.3 Å². The average molecular weight is 626 g/mol. The molecule has 1 aliphatic rings. The van der Waals surface area contributed by atoms with Crippen molar-refractivity contribution in [3.63, 3.8) is 0 Å². The van der Waals surface area contributed by atoms with Crippen molar-refractivity contribution in [3.05, 3.63) is 49.3 Å². The number of nitrogens with zero attached hydrogens (tertiary/aromatic N) is 2. The van der Waals surface area contributed by atoms with Crippen molar-refractivity contribution in [2.75, 3.05) is 0 Å². The first-order chi connectivity index (χ1) is 14.0. The number of hydrogen-bond acceptors (Lipinski definition) is 3. The second-order valence-electron chi connectivity index (χ2n) is 9.24. The summed E-state index contributed by atoms with van der Waals surface area (Å²) in [6.45, 7) is 17.4. The van der Waals surface area contributed by atoms with E-state index in [9.17, 15) is 4.79 Å². The first-order valence-electron chi connectivity index (χ1n) is 10.4. The summed E-state index contributed by atoms with van der Waals surface area (Å²) in [6, 6.07) is 9.29. The monoisotopic (exact) mass is 626 g/mol. The first kappa shape index (κ1) is 29.8. The summed E-state index contributed by atoms with van der Waals surface area (Å²) in [5.74, 6) is 4.68. The van der Waals surface area contributed by atoms with Crippen LogP contribution in [0.2, 0.25) is 0 Å². The number of hydrogen-bond donors (Lipinski definition) is 0. The fraction of sp³-hybridized carbons (Fsp3) is 0.560. The molecule has 1 aliphatic carbocycles. The molecule has 0 atom stereocenters. The molecule has 0 unspecified atom stereocenters. The van der Waals surface area contributed by atoms with Gasteiger partial charge in [-0.1, -0.05) is 58.9 Å². The van der Waals surface area contributed by atoms with Gasteiger partial charge < -0.3 is 17.5 Å². The van der Waals surface area contributed by atoms with Crippen LogP contribution in [0.5, 0.6) is 0 Å². The number of aromatic nitrogens is 1. The molecule has 1 aromatic carbocycles. The van der Waals surface area contributed by atoms with Crippen molar-refractivity contribution >= 4 is 32.3 Å². The van der Waals surface area contributed by atoms with Crippen LogP contribution in [0.1, 0.15) is 55.4 Å². The quantitative estimate of drug-likeness (QED) is 0.299. The Hall–Kier alpha value is -1.16. The van der Waals surface area contributed by atoms with Gasteiger partial charge in [-0.15, -0.1) is 5.69 Å². The number of rotatable bonds is 1. The molecule has 31 heavy (non-hydrogen) atoms. The molecule has 0 N–H and O–H groups in total. The molecule has 176 valence electrons. The zero-order chi connectivity index (χ0) is 23.1. The van der Waals surface area contributed by atoms with Gasteiger partial charge in [0, 0.05) is 6.20 Å². The molecule has 0 radical (unpaired) electrons. The minimum absolute atomic E-state index is 0. The van der Waals surface area contributed by atoms with Gasteiger partial charge in [0.25, 0.3) is 0 Å². The molecular weight excluding hydrogens is 588 g/mol. The van der Waals surface area contributed by atoms with E-state index in [1.807, 2.05) is 45.0 Å². The maximum absolute atomic E-state index is 11.7. The van der Waals surface area contributed by atoms with Gasteiger partial charge in [-0.2, -0.15) is 0 Å². The van der Waals surface area contributed by atoms with Crippen LogP contribution in [0, 0.1) is 37.0 Å². The number of carbonyl (C=O) groups is 1. The van der Waals surface area contributed by atoms with E-state index in [0.29, 0.717) is 11.2 Å². The first-order valence-corrected chi connectivity index (χ1v) is 13.4. The van der Waals surface area contributed by atoms with E-state index in [4.69, 9.17) is 4.74 Å². The Kier molecular flexibility index (Phi) is 12.9. The van der Waals surface area contributed by atoms with E-state index < -0.39 is 11.7 Å². The van der Waals surface area contributed by atoms with Gasteiger partial charge in [-0.3, -0.25) is 9.78 Å². The predicted octanol–water partition coefficient (Wildman–Crippen LogP) is 8.49. The van der Waals surface area contributed by atoms with Crippen LogP contribution < -0.4 is 0 Å². The molecule has 1 fully saturated rings. The van der Waals surface area contributed by atoms with E-state index >= 15 is 0 Å². The van der Waals surface area contributed by atoms with Crippen molar-refractivity contribution in [1.29, 1.82) is 0 Å². The summed E-state index contributed by atoms with van der Waals surface area (Å²) in [5, 5.41) is 4.90. The molecule has 2 aromatic rings. The molecular formula is C25H38ClIrN2O2. The number of carbonyl (C=O) groups excluding carboxylic acids is 1. The van der Waals surface area contributed by atoms with Gasteiger partial charge in [0.05, 0.1) is 5.52 Å².